The van der Waals surface area contributed by atoms with Gasteiger partial charge in [0.25, 0.3) is 0 Å². The summed E-state index contributed by atoms with van der Waals surface area (Å²) in [6, 6.07) is 0. The van der Waals surface area contributed by atoms with Crippen LogP contribution in [0.3, 0.4) is 0 Å². The highest BCUT2D eigenvalue weighted by molar-refractivity contribution is 5.98. The molecule has 62 valence electrons. The maximum absolute atomic E-state index is 3.92. The lowest BCUT2D eigenvalue weighted by atomic mass is 10.2. The predicted molar refractivity (Wildman–Crippen MR) is 51.3 cm³/mol. The number of hydrogen-bond acceptors (Lipinski definition) is 2. The molecule has 1 aliphatic heterocycles. The largest absolute Gasteiger partial charge is 0.163 e. The van der Waals surface area contributed by atoms with Gasteiger partial charge in [-0.1, -0.05) is 19.9 Å². The molecule has 1 aliphatic rings. The molecule has 0 N–H and O–H groups in total. The molecule has 0 aromatic rings. The first-order chi connectivity index (χ1) is 5.30. The molecule has 0 atom stereocenters. The highest BCUT2D eigenvalue weighted by Crippen LogP contribution is 2.01. The zero-order valence-corrected chi connectivity index (χ0v) is 7.76. The molecule has 0 aromatic heterocycles. The Balaban J connectivity index is 0.000000461. The first-order valence-electron chi connectivity index (χ1n) is 4.04. The molecule has 0 bridgehead atoms. The smallest absolute Gasteiger partial charge is 0.0625 e. The van der Waals surface area contributed by atoms with Crippen LogP contribution in [-0.4, -0.2) is 11.9 Å². The molecule has 0 radical (unpaired) electrons. The van der Waals surface area contributed by atoms with Gasteiger partial charge in [-0.05, 0) is 19.4 Å². The van der Waals surface area contributed by atoms with Gasteiger partial charge in [-0.3, -0.25) is 0 Å². The Bertz CT molecular complexity index is 188. The molecule has 0 fully saturated rings. The van der Waals surface area contributed by atoms with Gasteiger partial charge in [0, 0.05) is 12.6 Å². The lowest BCUT2D eigenvalue weighted by Gasteiger charge is -1.91. The van der Waals surface area contributed by atoms with Gasteiger partial charge in [0.1, 0.15) is 0 Å². The quantitative estimate of drug-likeness (QED) is 0.510. The van der Waals surface area contributed by atoms with Crippen molar-refractivity contribution in [3.05, 3.63) is 11.6 Å². The maximum atomic E-state index is 3.92. The zero-order valence-electron chi connectivity index (χ0n) is 7.76. The third-order valence-electron chi connectivity index (χ3n) is 1.39. The van der Waals surface area contributed by atoms with E-state index in [0.717, 1.165) is 12.1 Å². The SMILES string of the molecule is CC.CC1=CCC=NN=C1C. The van der Waals surface area contributed by atoms with Gasteiger partial charge in [0.15, 0.2) is 0 Å². The van der Waals surface area contributed by atoms with Crippen molar-refractivity contribution >= 4 is 11.9 Å². The van der Waals surface area contributed by atoms with Gasteiger partial charge in [0.05, 0.1) is 5.71 Å². The van der Waals surface area contributed by atoms with Crippen molar-refractivity contribution in [3.8, 4) is 0 Å². The standard InChI is InChI=1S/C7H10N2.C2H6/c1-6-4-3-5-8-9-7(6)2;1-2/h4-5H,3H2,1-2H3;1-2H3. The highest BCUT2D eigenvalue weighted by atomic mass is 15.2. The molecule has 0 aromatic carbocycles. The van der Waals surface area contributed by atoms with Crippen molar-refractivity contribution in [1.29, 1.82) is 0 Å². The molecular formula is C9H16N2. The van der Waals surface area contributed by atoms with E-state index in [1.165, 1.54) is 5.57 Å². The topological polar surface area (TPSA) is 24.7 Å². The van der Waals surface area contributed by atoms with Crippen molar-refractivity contribution in [2.45, 2.75) is 34.1 Å². The van der Waals surface area contributed by atoms with Crippen molar-refractivity contribution in [2.24, 2.45) is 10.2 Å². The van der Waals surface area contributed by atoms with Gasteiger partial charge in [-0.25, -0.2) is 0 Å². The van der Waals surface area contributed by atoms with E-state index in [-0.39, 0.29) is 0 Å². The molecule has 2 nitrogen and oxygen atoms in total. The lowest BCUT2D eigenvalue weighted by Crippen LogP contribution is -1.89. The predicted octanol–water partition coefficient (Wildman–Crippen LogP) is 2.81. The van der Waals surface area contributed by atoms with Gasteiger partial charge < -0.3 is 0 Å². The summed E-state index contributed by atoms with van der Waals surface area (Å²) in [5.74, 6) is 0. The fourth-order valence-corrected chi connectivity index (χ4v) is 0.631. The van der Waals surface area contributed by atoms with E-state index in [1.54, 1.807) is 6.21 Å². The van der Waals surface area contributed by atoms with Crippen molar-refractivity contribution in [3.63, 3.8) is 0 Å². The molecule has 2 heteroatoms. The van der Waals surface area contributed by atoms with Crippen molar-refractivity contribution in [2.75, 3.05) is 0 Å². The van der Waals surface area contributed by atoms with Crippen LogP contribution in [0, 0.1) is 0 Å². The van der Waals surface area contributed by atoms with Crippen LogP contribution in [0.25, 0.3) is 0 Å². The average Bonchev–Trinajstić information content (AvgIpc) is 2.22. The zero-order chi connectivity index (χ0) is 8.69. The van der Waals surface area contributed by atoms with Crippen molar-refractivity contribution < 1.29 is 0 Å². The molecule has 1 rings (SSSR count). The normalized spacial score (nSPS) is 15.6. The Morgan fingerprint density at radius 3 is 2.55 bits per heavy atom. The summed E-state index contributed by atoms with van der Waals surface area (Å²) in [6.45, 7) is 8.02. The summed E-state index contributed by atoms with van der Waals surface area (Å²) in [7, 11) is 0. The Labute approximate surface area is 68.7 Å². The van der Waals surface area contributed by atoms with E-state index in [0.29, 0.717) is 0 Å². The summed E-state index contributed by atoms with van der Waals surface area (Å²) in [6.07, 6.45) is 4.84. The van der Waals surface area contributed by atoms with E-state index in [1.807, 2.05) is 27.7 Å². The van der Waals surface area contributed by atoms with Gasteiger partial charge >= 0.3 is 0 Å². The van der Waals surface area contributed by atoms with E-state index >= 15 is 0 Å². The molecule has 0 spiro atoms. The molecule has 0 saturated carbocycles. The lowest BCUT2D eigenvalue weighted by molar-refractivity contribution is 1.24. The molecule has 0 amide bonds. The number of allylic oxidation sites excluding steroid dienone is 2. The van der Waals surface area contributed by atoms with Crippen LogP contribution in [0.5, 0.6) is 0 Å². The second-order valence-electron chi connectivity index (χ2n) is 2.11. The third kappa shape index (κ3) is 3.71. The Kier molecular flexibility index (Phi) is 5.35. The van der Waals surface area contributed by atoms with Crippen LogP contribution in [0.15, 0.2) is 21.9 Å². The monoisotopic (exact) mass is 152 g/mol. The van der Waals surface area contributed by atoms with E-state index < -0.39 is 0 Å². The van der Waals surface area contributed by atoms with E-state index in [4.69, 9.17) is 0 Å². The highest BCUT2D eigenvalue weighted by Gasteiger charge is 1.94. The third-order valence-corrected chi connectivity index (χ3v) is 1.39. The summed E-state index contributed by atoms with van der Waals surface area (Å²) in [5, 5.41) is 7.74. The summed E-state index contributed by atoms with van der Waals surface area (Å²) >= 11 is 0. The van der Waals surface area contributed by atoms with Crippen LogP contribution < -0.4 is 0 Å². The van der Waals surface area contributed by atoms with Crippen LogP contribution in [0.2, 0.25) is 0 Å². The number of hydrogen-bond donors (Lipinski definition) is 0. The van der Waals surface area contributed by atoms with Crippen molar-refractivity contribution in [1.82, 2.24) is 0 Å². The van der Waals surface area contributed by atoms with E-state index in [2.05, 4.69) is 16.3 Å². The first-order valence-corrected chi connectivity index (χ1v) is 4.04. The Morgan fingerprint density at radius 2 is 1.91 bits per heavy atom. The molecule has 11 heavy (non-hydrogen) atoms. The minimum Gasteiger partial charge on any atom is -0.163 e. The number of rotatable bonds is 0. The molecule has 0 aliphatic carbocycles. The van der Waals surface area contributed by atoms with Gasteiger partial charge in [-0.15, -0.1) is 0 Å². The summed E-state index contributed by atoms with van der Waals surface area (Å²) in [5.41, 5.74) is 2.25. The van der Waals surface area contributed by atoms with Crippen LogP contribution >= 0.6 is 0 Å². The van der Waals surface area contributed by atoms with Gasteiger partial charge in [0.2, 0.25) is 0 Å². The van der Waals surface area contributed by atoms with E-state index in [9.17, 15) is 0 Å². The minimum atomic E-state index is 0.909. The Morgan fingerprint density at radius 1 is 1.27 bits per heavy atom. The molecule has 1 heterocycles. The molecular weight excluding hydrogens is 136 g/mol. The fourth-order valence-electron chi connectivity index (χ4n) is 0.631. The fraction of sp³-hybridized carbons (Fsp3) is 0.556. The van der Waals surface area contributed by atoms with Gasteiger partial charge in [-0.2, -0.15) is 10.2 Å². The minimum absolute atomic E-state index is 0.909. The molecule has 0 saturated heterocycles. The maximum Gasteiger partial charge on any atom is 0.0625 e. The Hall–Kier alpha value is -0.920. The van der Waals surface area contributed by atoms with Crippen LogP contribution in [0.4, 0.5) is 0 Å². The second-order valence-corrected chi connectivity index (χ2v) is 2.11. The number of nitrogens with zero attached hydrogens (tertiary/aromatic N) is 2. The van der Waals surface area contributed by atoms with Crippen LogP contribution in [0.1, 0.15) is 34.1 Å². The second kappa shape index (κ2) is 5.83. The molecule has 0 unspecified atom stereocenters. The summed E-state index contributed by atoms with van der Waals surface area (Å²) < 4.78 is 0. The first kappa shape index (κ1) is 10.1. The average molecular weight is 152 g/mol. The summed E-state index contributed by atoms with van der Waals surface area (Å²) in [4.78, 5) is 0. The van der Waals surface area contributed by atoms with Crippen LogP contribution in [-0.2, 0) is 0 Å².